The van der Waals surface area contributed by atoms with Crippen LogP contribution in [0.4, 0.5) is 5.69 Å². The Hall–Kier alpha value is -3.00. The average molecular weight is 433 g/mol. The third-order valence-electron chi connectivity index (χ3n) is 7.64. The van der Waals surface area contributed by atoms with Gasteiger partial charge in [0.25, 0.3) is 0 Å². The number of fused-ring (bicyclic) bond motifs is 1. The Morgan fingerprint density at radius 1 is 1.16 bits per heavy atom. The number of methoxy groups -OCH3 is 1. The second-order valence-electron chi connectivity index (χ2n) is 9.55. The Morgan fingerprint density at radius 2 is 2.00 bits per heavy atom. The summed E-state index contributed by atoms with van der Waals surface area (Å²) >= 11 is 0. The minimum absolute atomic E-state index is 0.0131. The van der Waals surface area contributed by atoms with Crippen molar-refractivity contribution >= 4 is 22.7 Å². The van der Waals surface area contributed by atoms with Crippen LogP contribution >= 0.6 is 0 Å². The van der Waals surface area contributed by atoms with Crippen molar-refractivity contribution in [2.24, 2.45) is 5.92 Å². The number of piperazine rings is 1. The minimum Gasteiger partial charge on any atom is -0.469 e. The lowest BCUT2D eigenvalue weighted by Gasteiger charge is -2.41. The molecule has 1 aromatic carbocycles. The molecular formula is C24H28N6O2. The van der Waals surface area contributed by atoms with Gasteiger partial charge in [-0.3, -0.25) is 19.4 Å². The molecule has 3 heterocycles. The molecule has 1 saturated heterocycles. The fourth-order valence-corrected chi connectivity index (χ4v) is 5.14. The van der Waals surface area contributed by atoms with Gasteiger partial charge >= 0.3 is 5.97 Å². The van der Waals surface area contributed by atoms with Gasteiger partial charge in [0.1, 0.15) is 0 Å². The van der Waals surface area contributed by atoms with Crippen LogP contribution in [0.2, 0.25) is 0 Å². The van der Waals surface area contributed by atoms with Crippen molar-refractivity contribution in [1.29, 1.82) is 0 Å². The van der Waals surface area contributed by atoms with Crippen LogP contribution < -0.4 is 4.90 Å². The van der Waals surface area contributed by atoms with E-state index < -0.39 is 0 Å². The van der Waals surface area contributed by atoms with Crippen LogP contribution in [-0.2, 0) is 9.53 Å². The number of hydrogen-bond donors (Lipinski definition) is 0. The highest BCUT2D eigenvalue weighted by molar-refractivity contribution is 5.81. The topological polar surface area (TPSA) is 76.4 Å². The van der Waals surface area contributed by atoms with E-state index in [0.717, 1.165) is 54.8 Å². The van der Waals surface area contributed by atoms with Gasteiger partial charge in [0.05, 0.1) is 48.2 Å². The predicted octanol–water partition coefficient (Wildman–Crippen LogP) is 2.90. The SMILES string of the molecule is COC(=O)[C@H]1C[C@H](n2cc(-c3cnc4ccc(N5CCN(C)C6(CC6)C5)cc4n3)cn2)C1. The van der Waals surface area contributed by atoms with E-state index in [1.54, 1.807) is 0 Å². The van der Waals surface area contributed by atoms with E-state index in [2.05, 4.69) is 45.1 Å². The van der Waals surface area contributed by atoms with Crippen LogP contribution in [0.1, 0.15) is 31.7 Å². The van der Waals surface area contributed by atoms with Gasteiger partial charge in [-0.2, -0.15) is 5.10 Å². The smallest absolute Gasteiger partial charge is 0.308 e. The molecule has 0 atom stereocenters. The highest BCUT2D eigenvalue weighted by Gasteiger charge is 2.49. The van der Waals surface area contributed by atoms with Crippen molar-refractivity contribution in [2.45, 2.75) is 37.3 Å². The summed E-state index contributed by atoms with van der Waals surface area (Å²) in [5, 5.41) is 4.52. The Balaban J connectivity index is 1.22. The van der Waals surface area contributed by atoms with E-state index in [1.807, 2.05) is 23.3 Å². The van der Waals surface area contributed by atoms with Crippen molar-refractivity contribution in [1.82, 2.24) is 24.6 Å². The van der Waals surface area contributed by atoms with Crippen molar-refractivity contribution in [3.63, 3.8) is 0 Å². The number of carbonyl (C=O) groups excluding carboxylic acids is 1. The van der Waals surface area contributed by atoms with E-state index in [1.165, 1.54) is 25.6 Å². The van der Waals surface area contributed by atoms with Crippen molar-refractivity contribution in [2.75, 3.05) is 38.7 Å². The highest BCUT2D eigenvalue weighted by Crippen LogP contribution is 2.44. The van der Waals surface area contributed by atoms with E-state index in [-0.39, 0.29) is 17.9 Å². The molecule has 8 heteroatoms. The third kappa shape index (κ3) is 3.24. The zero-order valence-corrected chi connectivity index (χ0v) is 18.6. The zero-order chi connectivity index (χ0) is 21.9. The van der Waals surface area contributed by atoms with Gasteiger partial charge < -0.3 is 9.64 Å². The van der Waals surface area contributed by atoms with Gasteiger partial charge in [-0.1, -0.05) is 0 Å². The second-order valence-corrected chi connectivity index (χ2v) is 9.55. The molecule has 2 saturated carbocycles. The summed E-state index contributed by atoms with van der Waals surface area (Å²) in [5.74, 6) is -0.140. The number of anilines is 1. The quantitative estimate of drug-likeness (QED) is 0.587. The highest BCUT2D eigenvalue weighted by atomic mass is 16.5. The van der Waals surface area contributed by atoms with Gasteiger partial charge in [0.2, 0.25) is 0 Å². The van der Waals surface area contributed by atoms with Crippen LogP contribution in [0, 0.1) is 5.92 Å². The molecule has 3 aromatic rings. The standard InChI is InChI=1S/C24H28N6O2/c1-28-7-8-29(15-24(28)5-6-24)18-3-4-20-21(11-18)27-22(13-25-20)17-12-26-30(14-17)19-9-16(10-19)23(31)32-2/h3-4,11-14,16,19H,5-10,15H2,1-2H3/t16-,19-. The van der Waals surface area contributed by atoms with Gasteiger partial charge in [-0.05, 0) is 50.9 Å². The lowest BCUT2D eigenvalue weighted by Crippen LogP contribution is -2.53. The third-order valence-corrected chi connectivity index (χ3v) is 7.64. The number of benzene rings is 1. The summed E-state index contributed by atoms with van der Waals surface area (Å²) in [5.41, 5.74) is 5.18. The largest absolute Gasteiger partial charge is 0.469 e. The van der Waals surface area contributed by atoms with Crippen LogP contribution in [0.25, 0.3) is 22.3 Å². The number of hydrogen-bond acceptors (Lipinski definition) is 7. The first-order valence-electron chi connectivity index (χ1n) is 11.4. The summed E-state index contributed by atoms with van der Waals surface area (Å²) < 4.78 is 6.78. The lowest BCUT2D eigenvalue weighted by molar-refractivity contribution is -0.149. The molecule has 0 radical (unpaired) electrons. The van der Waals surface area contributed by atoms with E-state index in [0.29, 0.717) is 5.54 Å². The number of aromatic nitrogens is 4. The number of esters is 1. The van der Waals surface area contributed by atoms with E-state index in [4.69, 9.17) is 9.72 Å². The molecule has 0 amide bonds. The minimum atomic E-state index is -0.127. The molecule has 8 nitrogen and oxygen atoms in total. The summed E-state index contributed by atoms with van der Waals surface area (Å²) in [6, 6.07) is 6.65. The molecule has 6 rings (SSSR count). The molecule has 166 valence electrons. The number of rotatable bonds is 4. The maximum Gasteiger partial charge on any atom is 0.308 e. The molecule has 0 bridgehead atoms. The average Bonchev–Trinajstić information content (AvgIpc) is 3.39. The first-order chi connectivity index (χ1) is 15.5. The summed E-state index contributed by atoms with van der Waals surface area (Å²) in [6.45, 7) is 3.22. The molecule has 2 aliphatic carbocycles. The van der Waals surface area contributed by atoms with Crippen molar-refractivity contribution in [3.05, 3.63) is 36.8 Å². The van der Waals surface area contributed by atoms with E-state index in [9.17, 15) is 4.79 Å². The molecule has 2 aromatic heterocycles. The summed E-state index contributed by atoms with van der Waals surface area (Å²) in [7, 11) is 3.70. The number of ether oxygens (including phenoxy) is 1. The first kappa shape index (κ1) is 19.7. The van der Waals surface area contributed by atoms with Crippen LogP contribution in [0.15, 0.2) is 36.8 Å². The van der Waals surface area contributed by atoms with E-state index >= 15 is 0 Å². The number of nitrogens with zero attached hydrogens (tertiary/aromatic N) is 6. The predicted molar refractivity (Wildman–Crippen MR) is 121 cm³/mol. The fourth-order valence-electron chi connectivity index (χ4n) is 5.14. The number of likely N-dealkylation sites (N-methyl/N-ethyl adjacent to an activating group) is 1. The number of carbonyl (C=O) groups is 1. The molecule has 32 heavy (non-hydrogen) atoms. The van der Waals surface area contributed by atoms with Gasteiger partial charge in [-0.15, -0.1) is 0 Å². The molecule has 3 aliphatic rings. The molecule has 0 N–H and O–H groups in total. The van der Waals surface area contributed by atoms with Crippen LogP contribution in [0.3, 0.4) is 0 Å². The van der Waals surface area contributed by atoms with Gasteiger partial charge in [0.15, 0.2) is 0 Å². The van der Waals surface area contributed by atoms with Crippen molar-refractivity contribution in [3.8, 4) is 11.3 Å². The lowest BCUT2D eigenvalue weighted by atomic mass is 9.80. The molecule has 0 unspecified atom stereocenters. The van der Waals surface area contributed by atoms with Crippen molar-refractivity contribution < 1.29 is 9.53 Å². The molecular weight excluding hydrogens is 404 g/mol. The maximum atomic E-state index is 11.6. The zero-order valence-electron chi connectivity index (χ0n) is 18.6. The first-order valence-corrected chi connectivity index (χ1v) is 11.4. The normalized spacial score (nSPS) is 24.5. The maximum absolute atomic E-state index is 11.6. The van der Waals surface area contributed by atoms with Crippen LogP contribution in [-0.4, -0.2) is 69.9 Å². The summed E-state index contributed by atoms with van der Waals surface area (Å²) in [6.07, 6.45) is 9.79. The second kappa shape index (κ2) is 7.27. The Morgan fingerprint density at radius 3 is 2.78 bits per heavy atom. The fraction of sp³-hybridized carbons (Fsp3) is 0.500. The molecule has 1 spiro atoms. The van der Waals surface area contributed by atoms with Gasteiger partial charge in [0, 0.05) is 42.6 Å². The van der Waals surface area contributed by atoms with Gasteiger partial charge in [-0.25, -0.2) is 4.98 Å². The Labute approximate surface area is 187 Å². The summed E-state index contributed by atoms with van der Waals surface area (Å²) in [4.78, 5) is 26.2. The Kier molecular flexibility index (Phi) is 4.47. The van der Waals surface area contributed by atoms with Crippen LogP contribution in [0.5, 0.6) is 0 Å². The monoisotopic (exact) mass is 432 g/mol. The molecule has 1 aliphatic heterocycles. The molecule has 3 fully saturated rings. The Bertz CT molecular complexity index is 1180.